The molecule has 0 fully saturated rings. The Kier molecular flexibility index (Phi) is 36.2. The van der Waals surface area contributed by atoms with Crippen LogP contribution in [-0.2, 0) is 13.1 Å². The normalized spacial score (nSPS) is 11.8. The first-order chi connectivity index (χ1) is 47.2. The van der Waals surface area contributed by atoms with E-state index in [2.05, 4.69) is 53.7 Å². The molecule has 5 aromatic carbocycles. The Bertz CT molecular complexity index is 3260. The van der Waals surface area contributed by atoms with E-state index >= 15 is 19.2 Å². The molecule has 0 aliphatic carbocycles. The SMILES string of the molecule is CCCCCCCCCCCCn1c(=O)c2cc3cc4c(-c5cc(OCCCCCCCC)cc(OCCCCCCCC)c5)c5c(=O)n(CCCCCCCCCCCC)c(=O)c5cc4cc3c(-c3cc(OCCCCCCCC)cc(OCCCCCCCC)c3)c2c1=O. The molecule has 0 bridgehead atoms. The van der Waals surface area contributed by atoms with Crippen LogP contribution < -0.4 is 41.2 Å². The minimum atomic E-state index is -0.292. The molecule has 10 heteroatoms. The average molecular weight is 1320 g/mol. The number of rotatable bonds is 56. The van der Waals surface area contributed by atoms with Crippen molar-refractivity contribution in [3.63, 3.8) is 0 Å². The minimum absolute atomic E-state index is 0.288. The maximum Gasteiger partial charge on any atom is 0.262 e. The van der Waals surface area contributed by atoms with Gasteiger partial charge in [-0.25, -0.2) is 0 Å². The predicted octanol–water partition coefficient (Wildman–Crippen LogP) is 24.4. The fraction of sp³-hybridized carbons (Fsp3) is 0.651. The van der Waals surface area contributed by atoms with Gasteiger partial charge in [0.1, 0.15) is 23.0 Å². The van der Waals surface area contributed by atoms with E-state index in [9.17, 15) is 0 Å². The number of unbranched alkanes of at least 4 members (excludes halogenated alkanes) is 38. The zero-order valence-corrected chi connectivity index (χ0v) is 61.3. The van der Waals surface area contributed by atoms with E-state index in [1.807, 2.05) is 48.5 Å². The Morgan fingerprint density at radius 1 is 0.240 bits per heavy atom. The second-order valence-electron chi connectivity index (χ2n) is 28.4. The van der Waals surface area contributed by atoms with Crippen molar-refractivity contribution < 1.29 is 18.9 Å². The van der Waals surface area contributed by atoms with Crippen LogP contribution in [0.5, 0.6) is 23.0 Å². The van der Waals surface area contributed by atoms with Crippen LogP contribution in [0, 0.1) is 0 Å². The number of hydrogen-bond donors (Lipinski definition) is 0. The number of nitrogens with zero attached hydrogens (tertiary/aromatic N) is 2. The minimum Gasteiger partial charge on any atom is -0.493 e. The van der Waals surface area contributed by atoms with Crippen molar-refractivity contribution in [3.05, 3.63) is 102 Å². The number of aromatic nitrogens is 2. The molecule has 0 aliphatic heterocycles. The van der Waals surface area contributed by atoms with Crippen molar-refractivity contribution in [3.8, 4) is 45.3 Å². The molecule has 2 heterocycles. The monoisotopic (exact) mass is 1320 g/mol. The van der Waals surface area contributed by atoms with E-state index in [0.29, 0.717) is 95.2 Å². The Hall–Kier alpha value is -5.90. The molecule has 0 atom stereocenters. The van der Waals surface area contributed by atoms with Crippen LogP contribution in [0.3, 0.4) is 0 Å². The third-order valence-corrected chi connectivity index (χ3v) is 20.1. The molecule has 96 heavy (non-hydrogen) atoms. The van der Waals surface area contributed by atoms with E-state index < -0.39 is 0 Å². The molecule has 0 amide bonds. The van der Waals surface area contributed by atoms with Gasteiger partial charge in [-0.05, 0) is 120 Å². The summed E-state index contributed by atoms with van der Waals surface area (Å²) < 4.78 is 29.7. The first-order valence-electron chi connectivity index (χ1n) is 39.8. The van der Waals surface area contributed by atoms with Crippen molar-refractivity contribution in [1.29, 1.82) is 0 Å². The quantitative estimate of drug-likeness (QED) is 0.0273. The second kappa shape index (κ2) is 44.9. The van der Waals surface area contributed by atoms with Crippen LogP contribution in [0.1, 0.15) is 324 Å². The standard InChI is InChI=1S/C86H128N2O8/c1-7-13-19-25-31-33-35-37-39-45-51-87-83(89)77-63-67-61-76-68(62-75(67)79(81(77)85(87)91)69-57-71(93-53-47-41-27-21-15-9-3)65-72(58-69)94-54-48-42-28-22-16-10-4)64-78-82(86(92)88(84(78)90)52-46-40-38-36-34-32-26-20-14-8-2)80(76)70-59-73(95-55-49-43-29-23-17-11-5)66-74(60-70)96-56-50-44-30-24-18-12-6/h57-66H,7-56H2,1-6H3. The summed E-state index contributed by atoms with van der Waals surface area (Å²) in [6, 6.07) is 20.1. The highest BCUT2D eigenvalue weighted by Crippen LogP contribution is 2.44. The van der Waals surface area contributed by atoms with Crippen molar-refractivity contribution >= 4 is 43.1 Å². The molecule has 7 aromatic rings. The summed E-state index contributed by atoms with van der Waals surface area (Å²) in [5, 5.41) is 4.53. The van der Waals surface area contributed by atoms with Gasteiger partial charge in [-0.15, -0.1) is 0 Å². The van der Waals surface area contributed by atoms with Gasteiger partial charge < -0.3 is 18.9 Å². The van der Waals surface area contributed by atoms with Crippen LogP contribution in [0.2, 0.25) is 0 Å². The lowest BCUT2D eigenvalue weighted by molar-refractivity contribution is 0.289. The highest BCUT2D eigenvalue weighted by molar-refractivity contribution is 6.20. The molecule has 0 saturated heterocycles. The fourth-order valence-corrected chi connectivity index (χ4v) is 14.4. The number of hydrogen-bond acceptors (Lipinski definition) is 8. The molecule has 0 aliphatic rings. The van der Waals surface area contributed by atoms with Gasteiger partial charge in [0.05, 0.1) is 48.0 Å². The summed E-state index contributed by atoms with van der Waals surface area (Å²) in [6.07, 6.45) is 50.2. The summed E-state index contributed by atoms with van der Waals surface area (Å²) in [4.78, 5) is 61.2. The molecule has 0 N–H and O–H groups in total. The van der Waals surface area contributed by atoms with Crippen LogP contribution in [-0.4, -0.2) is 35.6 Å². The van der Waals surface area contributed by atoms with Gasteiger partial charge in [-0.2, -0.15) is 0 Å². The van der Waals surface area contributed by atoms with Crippen molar-refractivity contribution in [2.24, 2.45) is 0 Å². The van der Waals surface area contributed by atoms with Crippen molar-refractivity contribution in [2.45, 2.75) is 337 Å². The highest BCUT2D eigenvalue weighted by Gasteiger charge is 2.26. The summed E-state index contributed by atoms with van der Waals surface area (Å²) in [5.41, 5.74) is 1.59. The molecule has 0 spiro atoms. The average Bonchev–Trinajstić information content (AvgIpc) is 1.63. The van der Waals surface area contributed by atoms with Crippen LogP contribution >= 0.6 is 0 Å². The van der Waals surface area contributed by atoms with E-state index in [0.717, 1.165) is 135 Å². The highest BCUT2D eigenvalue weighted by atomic mass is 16.5. The summed E-state index contributed by atoms with van der Waals surface area (Å²) >= 11 is 0. The molecule has 7 rings (SSSR count). The Balaban J connectivity index is 1.41. The maximum atomic E-state index is 15.4. The Morgan fingerprint density at radius 2 is 0.458 bits per heavy atom. The maximum absolute atomic E-state index is 15.4. The molecule has 0 radical (unpaired) electrons. The largest absolute Gasteiger partial charge is 0.493 e. The lowest BCUT2D eigenvalue weighted by atomic mass is 9.88. The molecule has 530 valence electrons. The predicted molar refractivity (Wildman–Crippen MR) is 410 cm³/mol. The number of benzene rings is 5. The van der Waals surface area contributed by atoms with Crippen molar-refractivity contribution in [1.82, 2.24) is 9.13 Å². The van der Waals surface area contributed by atoms with Gasteiger partial charge in [0.15, 0.2) is 0 Å². The second-order valence-corrected chi connectivity index (χ2v) is 28.4. The zero-order chi connectivity index (χ0) is 68.0. The van der Waals surface area contributed by atoms with Crippen LogP contribution in [0.4, 0.5) is 0 Å². The van der Waals surface area contributed by atoms with Gasteiger partial charge >= 0.3 is 0 Å². The fourth-order valence-electron chi connectivity index (χ4n) is 14.4. The lowest BCUT2D eigenvalue weighted by Gasteiger charge is -2.17. The van der Waals surface area contributed by atoms with Gasteiger partial charge in [-0.3, -0.25) is 28.3 Å². The van der Waals surface area contributed by atoms with Crippen LogP contribution in [0.15, 0.2) is 79.8 Å². The van der Waals surface area contributed by atoms with E-state index in [1.54, 1.807) is 0 Å². The summed E-state index contributed by atoms with van der Waals surface area (Å²) in [6.45, 7) is 16.3. The van der Waals surface area contributed by atoms with Gasteiger partial charge in [0.2, 0.25) is 0 Å². The summed E-state index contributed by atoms with van der Waals surface area (Å²) in [5.74, 6) is 2.63. The molecular weight excluding hydrogens is 1190 g/mol. The molecule has 2 aromatic heterocycles. The Morgan fingerprint density at radius 3 is 0.708 bits per heavy atom. The summed E-state index contributed by atoms with van der Waals surface area (Å²) in [7, 11) is 0. The molecule has 0 unspecified atom stereocenters. The molecule has 0 saturated carbocycles. The third kappa shape index (κ3) is 24.2. The first kappa shape index (κ1) is 77.5. The van der Waals surface area contributed by atoms with Gasteiger partial charge in [0.25, 0.3) is 22.2 Å². The van der Waals surface area contributed by atoms with Crippen LogP contribution in [0.25, 0.3) is 65.3 Å². The zero-order valence-electron chi connectivity index (χ0n) is 61.3. The number of fused-ring (bicyclic) bond motifs is 4. The van der Waals surface area contributed by atoms with Crippen molar-refractivity contribution in [2.75, 3.05) is 26.4 Å². The van der Waals surface area contributed by atoms with E-state index in [4.69, 9.17) is 18.9 Å². The van der Waals surface area contributed by atoms with Gasteiger partial charge in [-0.1, -0.05) is 286 Å². The first-order valence-corrected chi connectivity index (χ1v) is 39.8. The lowest BCUT2D eigenvalue weighted by Crippen LogP contribution is -2.25. The number of ether oxygens (including phenoxy) is 4. The molecule has 10 nitrogen and oxygen atoms in total. The smallest absolute Gasteiger partial charge is 0.262 e. The van der Waals surface area contributed by atoms with E-state index in [1.165, 1.54) is 189 Å². The van der Waals surface area contributed by atoms with Gasteiger partial charge in [0, 0.05) is 36.3 Å². The topological polar surface area (TPSA) is 115 Å². The van der Waals surface area contributed by atoms with E-state index in [-0.39, 0.29) is 22.2 Å². The third-order valence-electron chi connectivity index (χ3n) is 20.1. The molecular formula is C86H128N2O8. The Labute approximate surface area is 579 Å².